The number of sulfone groups is 1. The van der Waals surface area contributed by atoms with E-state index in [1.807, 2.05) is 0 Å². The standard InChI is InChI=1S/C12H25NO2S2/c1-17(14,15)11-10-16-9-8-13-12-6-4-2-3-5-7-12/h12-13H,2-11H2,1H3. The van der Waals surface area contributed by atoms with Crippen LogP contribution in [-0.4, -0.2) is 44.5 Å². The monoisotopic (exact) mass is 279 g/mol. The summed E-state index contributed by atoms with van der Waals surface area (Å²) in [5.74, 6) is 2.05. The van der Waals surface area contributed by atoms with Gasteiger partial charge in [0, 0.05) is 30.3 Å². The van der Waals surface area contributed by atoms with Gasteiger partial charge >= 0.3 is 0 Å². The van der Waals surface area contributed by atoms with E-state index in [9.17, 15) is 8.42 Å². The molecule has 1 aliphatic carbocycles. The summed E-state index contributed by atoms with van der Waals surface area (Å²) in [5.41, 5.74) is 0. The highest BCUT2D eigenvalue weighted by atomic mass is 32.2. The number of rotatable bonds is 7. The van der Waals surface area contributed by atoms with E-state index in [4.69, 9.17) is 0 Å². The van der Waals surface area contributed by atoms with E-state index < -0.39 is 9.84 Å². The topological polar surface area (TPSA) is 46.2 Å². The van der Waals surface area contributed by atoms with Crippen LogP contribution in [0, 0.1) is 0 Å². The lowest BCUT2D eigenvalue weighted by Crippen LogP contribution is -2.30. The van der Waals surface area contributed by atoms with Crippen molar-refractivity contribution in [3.05, 3.63) is 0 Å². The summed E-state index contributed by atoms with van der Waals surface area (Å²) in [5, 5.41) is 3.59. The van der Waals surface area contributed by atoms with Crippen LogP contribution in [0.3, 0.4) is 0 Å². The molecule has 0 amide bonds. The van der Waals surface area contributed by atoms with E-state index in [1.54, 1.807) is 11.8 Å². The van der Waals surface area contributed by atoms with E-state index in [2.05, 4.69) is 5.32 Å². The van der Waals surface area contributed by atoms with Gasteiger partial charge in [0.15, 0.2) is 0 Å². The fourth-order valence-corrected chi connectivity index (χ4v) is 4.28. The summed E-state index contributed by atoms with van der Waals surface area (Å²) in [6.07, 6.45) is 9.43. The highest BCUT2D eigenvalue weighted by molar-refractivity contribution is 8.00. The molecule has 0 heterocycles. The third kappa shape index (κ3) is 8.91. The molecule has 1 aliphatic rings. The predicted octanol–water partition coefficient (Wildman–Crippen LogP) is 2.08. The lowest BCUT2D eigenvalue weighted by Gasteiger charge is -2.15. The summed E-state index contributed by atoms with van der Waals surface area (Å²) in [4.78, 5) is 0. The highest BCUT2D eigenvalue weighted by Crippen LogP contribution is 2.17. The second kappa shape index (κ2) is 8.38. The molecule has 1 N–H and O–H groups in total. The van der Waals surface area contributed by atoms with Crippen molar-refractivity contribution < 1.29 is 8.42 Å². The minimum atomic E-state index is -2.78. The predicted molar refractivity (Wildman–Crippen MR) is 76.5 cm³/mol. The summed E-state index contributed by atoms with van der Waals surface area (Å²) >= 11 is 1.73. The zero-order chi connectivity index (χ0) is 12.6. The molecule has 3 nitrogen and oxygen atoms in total. The largest absolute Gasteiger partial charge is 0.313 e. The van der Waals surface area contributed by atoms with Crippen molar-refractivity contribution in [2.45, 2.75) is 44.6 Å². The third-order valence-electron chi connectivity index (χ3n) is 3.13. The average molecular weight is 279 g/mol. The van der Waals surface area contributed by atoms with Gasteiger partial charge in [-0.05, 0) is 12.8 Å². The number of hydrogen-bond donors (Lipinski definition) is 1. The molecule has 0 unspecified atom stereocenters. The van der Waals surface area contributed by atoms with Gasteiger partial charge in [0.2, 0.25) is 0 Å². The van der Waals surface area contributed by atoms with Crippen molar-refractivity contribution in [3.63, 3.8) is 0 Å². The normalized spacial score (nSPS) is 19.1. The van der Waals surface area contributed by atoms with Crippen LogP contribution in [0.5, 0.6) is 0 Å². The lowest BCUT2D eigenvalue weighted by molar-refractivity contribution is 0.474. The van der Waals surface area contributed by atoms with Crippen molar-refractivity contribution in [1.82, 2.24) is 5.32 Å². The minimum absolute atomic E-state index is 0.307. The van der Waals surface area contributed by atoms with Crippen molar-refractivity contribution in [2.24, 2.45) is 0 Å². The Morgan fingerprint density at radius 2 is 1.76 bits per heavy atom. The molecule has 0 aromatic carbocycles. The van der Waals surface area contributed by atoms with Gasteiger partial charge in [-0.2, -0.15) is 11.8 Å². The van der Waals surface area contributed by atoms with Gasteiger partial charge in [-0.1, -0.05) is 25.7 Å². The van der Waals surface area contributed by atoms with E-state index in [-0.39, 0.29) is 0 Å². The van der Waals surface area contributed by atoms with Crippen LogP contribution in [0.25, 0.3) is 0 Å². The summed E-state index contributed by atoms with van der Waals surface area (Å²) < 4.78 is 21.8. The average Bonchev–Trinajstić information content (AvgIpc) is 2.50. The van der Waals surface area contributed by atoms with Gasteiger partial charge in [0.05, 0.1) is 5.75 Å². The highest BCUT2D eigenvalue weighted by Gasteiger charge is 2.10. The Morgan fingerprint density at radius 1 is 1.12 bits per heavy atom. The Bertz CT molecular complexity index is 283. The molecule has 0 bridgehead atoms. The Labute approximate surface area is 110 Å². The smallest absolute Gasteiger partial charge is 0.148 e. The Hall–Kier alpha value is 0.260. The minimum Gasteiger partial charge on any atom is -0.313 e. The molecule has 1 rings (SSSR count). The summed E-state index contributed by atoms with van der Waals surface area (Å²) in [6.45, 7) is 1.01. The van der Waals surface area contributed by atoms with Crippen molar-refractivity contribution >= 4 is 21.6 Å². The quantitative estimate of drug-likeness (QED) is 0.572. The van der Waals surface area contributed by atoms with Crippen LogP contribution in [0.15, 0.2) is 0 Å². The zero-order valence-electron chi connectivity index (χ0n) is 10.8. The molecule has 0 spiro atoms. The van der Waals surface area contributed by atoms with Crippen LogP contribution >= 0.6 is 11.8 Å². The first kappa shape index (κ1) is 15.3. The number of nitrogens with one attached hydrogen (secondary N) is 1. The Morgan fingerprint density at radius 3 is 2.35 bits per heavy atom. The van der Waals surface area contributed by atoms with E-state index in [0.717, 1.165) is 18.1 Å². The Kier molecular flexibility index (Phi) is 7.55. The van der Waals surface area contributed by atoms with Crippen LogP contribution in [0.4, 0.5) is 0 Å². The maximum Gasteiger partial charge on any atom is 0.148 e. The maximum absolute atomic E-state index is 10.9. The second-order valence-electron chi connectivity index (χ2n) is 4.88. The molecular formula is C12H25NO2S2. The van der Waals surface area contributed by atoms with E-state index >= 15 is 0 Å². The molecular weight excluding hydrogens is 254 g/mol. The van der Waals surface area contributed by atoms with Crippen molar-refractivity contribution in [3.8, 4) is 0 Å². The second-order valence-corrected chi connectivity index (χ2v) is 8.37. The molecule has 0 aromatic rings. The Balaban J connectivity index is 1.96. The van der Waals surface area contributed by atoms with Crippen LogP contribution < -0.4 is 5.32 Å². The molecule has 0 radical (unpaired) electrons. The van der Waals surface area contributed by atoms with Gasteiger partial charge in [-0.3, -0.25) is 0 Å². The van der Waals surface area contributed by atoms with Crippen LogP contribution in [0.1, 0.15) is 38.5 Å². The lowest BCUT2D eigenvalue weighted by atomic mass is 10.1. The van der Waals surface area contributed by atoms with Gasteiger partial charge < -0.3 is 5.32 Å². The zero-order valence-corrected chi connectivity index (χ0v) is 12.4. The molecule has 0 saturated heterocycles. The third-order valence-corrected chi connectivity index (χ3v) is 5.32. The molecule has 1 fully saturated rings. The van der Waals surface area contributed by atoms with Gasteiger partial charge in [0.1, 0.15) is 9.84 Å². The van der Waals surface area contributed by atoms with Crippen molar-refractivity contribution in [1.29, 1.82) is 0 Å². The molecule has 102 valence electrons. The van der Waals surface area contributed by atoms with Gasteiger partial charge in [-0.15, -0.1) is 0 Å². The molecule has 0 atom stereocenters. The molecule has 0 aromatic heterocycles. The molecule has 5 heteroatoms. The first-order chi connectivity index (χ1) is 8.08. The summed E-state index contributed by atoms with van der Waals surface area (Å²) in [6, 6.07) is 0.702. The fraction of sp³-hybridized carbons (Fsp3) is 1.00. The van der Waals surface area contributed by atoms with Gasteiger partial charge in [0.25, 0.3) is 0 Å². The number of thioether (sulfide) groups is 1. The first-order valence-corrected chi connectivity index (χ1v) is 9.78. The molecule has 1 saturated carbocycles. The summed E-state index contributed by atoms with van der Waals surface area (Å²) in [7, 11) is -2.78. The SMILES string of the molecule is CS(=O)(=O)CCSCCNC1CCCCCC1. The first-order valence-electron chi connectivity index (χ1n) is 6.57. The van der Waals surface area contributed by atoms with E-state index in [1.165, 1.54) is 44.8 Å². The van der Waals surface area contributed by atoms with Crippen LogP contribution in [0.2, 0.25) is 0 Å². The van der Waals surface area contributed by atoms with Crippen LogP contribution in [-0.2, 0) is 9.84 Å². The maximum atomic E-state index is 10.9. The fourth-order valence-electron chi connectivity index (χ4n) is 2.13. The molecule has 0 aliphatic heterocycles. The van der Waals surface area contributed by atoms with Gasteiger partial charge in [-0.25, -0.2) is 8.42 Å². The van der Waals surface area contributed by atoms with E-state index in [0.29, 0.717) is 11.8 Å². The van der Waals surface area contributed by atoms with Crippen molar-refractivity contribution in [2.75, 3.05) is 30.1 Å². The number of hydrogen-bond acceptors (Lipinski definition) is 4. The molecule has 17 heavy (non-hydrogen) atoms.